The van der Waals surface area contributed by atoms with E-state index in [1.54, 1.807) is 0 Å². The van der Waals surface area contributed by atoms with Crippen molar-refractivity contribution in [3.05, 3.63) is 0 Å². The van der Waals surface area contributed by atoms with Gasteiger partial charge in [0, 0.05) is 11.4 Å². The minimum atomic E-state index is -0.924. The zero-order chi connectivity index (χ0) is 9.73. The molecule has 13 heavy (non-hydrogen) atoms. The smallest absolute Gasteiger partial charge is 0.405 e. The largest absolute Gasteiger partial charge is 0.465 e. The molecule has 3 nitrogen and oxygen atoms in total. The molecule has 1 amide bonds. The van der Waals surface area contributed by atoms with Gasteiger partial charge in [-0.25, -0.2) is 4.79 Å². The Labute approximate surface area is 83.5 Å². The van der Waals surface area contributed by atoms with Gasteiger partial charge in [0.15, 0.2) is 0 Å². The first-order valence-electron chi connectivity index (χ1n) is 4.76. The van der Waals surface area contributed by atoms with Gasteiger partial charge >= 0.3 is 6.09 Å². The van der Waals surface area contributed by atoms with E-state index in [-0.39, 0.29) is 5.54 Å². The van der Waals surface area contributed by atoms with Crippen LogP contribution in [0.4, 0.5) is 4.79 Å². The maximum atomic E-state index is 10.6. The summed E-state index contributed by atoms with van der Waals surface area (Å²) in [5.74, 6) is 0.528. The molecule has 0 aliphatic heterocycles. The Morgan fingerprint density at radius 2 is 2.00 bits per heavy atom. The fraction of sp³-hybridized carbons (Fsp3) is 0.889. The number of nitrogens with one attached hydrogen (secondary N) is 1. The normalized spacial score (nSPS) is 21.0. The number of hydrogen-bond donors (Lipinski definition) is 2. The Morgan fingerprint density at radius 3 is 2.46 bits per heavy atom. The standard InChI is InChI=1S/C9H16ClNO2/c10-7-6-9(11-8(12)13)4-2-1-3-5-9/h11H,1-7H2,(H,12,13). The second-order valence-electron chi connectivity index (χ2n) is 3.71. The maximum absolute atomic E-state index is 10.6. The van der Waals surface area contributed by atoms with Crippen molar-refractivity contribution in [2.45, 2.75) is 44.1 Å². The molecule has 1 aliphatic carbocycles. The van der Waals surface area contributed by atoms with E-state index in [0.717, 1.165) is 32.1 Å². The Morgan fingerprint density at radius 1 is 1.38 bits per heavy atom. The predicted octanol–water partition coefficient (Wildman–Crippen LogP) is 2.59. The molecule has 0 aromatic carbocycles. The molecule has 4 heteroatoms. The minimum absolute atomic E-state index is 0.230. The maximum Gasteiger partial charge on any atom is 0.405 e. The highest BCUT2D eigenvalue weighted by Crippen LogP contribution is 2.31. The highest BCUT2D eigenvalue weighted by atomic mass is 35.5. The quantitative estimate of drug-likeness (QED) is 0.696. The van der Waals surface area contributed by atoms with E-state index < -0.39 is 6.09 Å². The molecule has 0 saturated heterocycles. The minimum Gasteiger partial charge on any atom is -0.465 e. The second kappa shape index (κ2) is 4.70. The average Bonchev–Trinajstić information content (AvgIpc) is 2.04. The van der Waals surface area contributed by atoms with Gasteiger partial charge in [-0.05, 0) is 19.3 Å². The number of carboxylic acid groups (broad SMARTS) is 1. The first kappa shape index (κ1) is 10.6. The average molecular weight is 206 g/mol. The molecule has 76 valence electrons. The summed E-state index contributed by atoms with van der Waals surface area (Å²) in [6, 6.07) is 0. The van der Waals surface area contributed by atoms with E-state index in [0.29, 0.717) is 5.88 Å². The lowest BCUT2D eigenvalue weighted by molar-refractivity contribution is 0.160. The van der Waals surface area contributed by atoms with Crippen LogP contribution in [0.5, 0.6) is 0 Å². The van der Waals surface area contributed by atoms with Crippen LogP contribution in [0.25, 0.3) is 0 Å². The van der Waals surface area contributed by atoms with Gasteiger partial charge in [0.25, 0.3) is 0 Å². The number of rotatable bonds is 3. The Hall–Kier alpha value is -0.440. The molecule has 1 rings (SSSR count). The SMILES string of the molecule is O=C(O)NC1(CCCl)CCCCC1. The van der Waals surface area contributed by atoms with Crippen molar-refractivity contribution >= 4 is 17.7 Å². The van der Waals surface area contributed by atoms with E-state index in [1.165, 1.54) is 6.42 Å². The van der Waals surface area contributed by atoms with E-state index in [1.807, 2.05) is 0 Å². The van der Waals surface area contributed by atoms with Crippen LogP contribution >= 0.6 is 11.6 Å². The highest BCUT2D eigenvalue weighted by molar-refractivity contribution is 6.17. The molecule has 0 spiro atoms. The number of hydrogen-bond acceptors (Lipinski definition) is 1. The Balaban J connectivity index is 2.55. The fourth-order valence-electron chi connectivity index (χ4n) is 2.07. The zero-order valence-corrected chi connectivity index (χ0v) is 8.44. The summed E-state index contributed by atoms with van der Waals surface area (Å²) in [6.07, 6.45) is 5.13. The summed E-state index contributed by atoms with van der Waals surface area (Å²) in [4.78, 5) is 10.6. The van der Waals surface area contributed by atoms with Crippen LogP contribution in [0, 0.1) is 0 Å². The summed E-state index contributed by atoms with van der Waals surface area (Å²) in [7, 11) is 0. The van der Waals surface area contributed by atoms with Gasteiger partial charge in [-0.2, -0.15) is 0 Å². The van der Waals surface area contributed by atoms with Crippen molar-refractivity contribution in [2.24, 2.45) is 0 Å². The van der Waals surface area contributed by atoms with Gasteiger partial charge in [-0.3, -0.25) is 0 Å². The molecule has 0 heterocycles. The van der Waals surface area contributed by atoms with Gasteiger partial charge < -0.3 is 10.4 Å². The third-order valence-electron chi connectivity index (χ3n) is 2.76. The lowest BCUT2D eigenvalue weighted by Crippen LogP contribution is -2.49. The molecule has 1 saturated carbocycles. The topological polar surface area (TPSA) is 49.3 Å². The molecule has 0 aromatic heterocycles. The second-order valence-corrected chi connectivity index (χ2v) is 4.09. The van der Waals surface area contributed by atoms with Crippen molar-refractivity contribution in [3.8, 4) is 0 Å². The van der Waals surface area contributed by atoms with Crippen LogP contribution in [0.2, 0.25) is 0 Å². The van der Waals surface area contributed by atoms with E-state index in [4.69, 9.17) is 16.7 Å². The van der Waals surface area contributed by atoms with Crippen LogP contribution in [-0.2, 0) is 0 Å². The van der Waals surface area contributed by atoms with Crippen LogP contribution in [0.3, 0.4) is 0 Å². The van der Waals surface area contributed by atoms with Crippen molar-refractivity contribution < 1.29 is 9.90 Å². The van der Waals surface area contributed by atoms with Gasteiger partial charge in [-0.15, -0.1) is 11.6 Å². The first-order chi connectivity index (χ1) is 6.18. The van der Waals surface area contributed by atoms with Crippen molar-refractivity contribution in [3.63, 3.8) is 0 Å². The highest BCUT2D eigenvalue weighted by Gasteiger charge is 2.32. The molecule has 2 N–H and O–H groups in total. The van der Waals surface area contributed by atoms with Crippen LogP contribution in [-0.4, -0.2) is 22.6 Å². The summed E-state index contributed by atoms with van der Waals surface area (Å²) < 4.78 is 0. The van der Waals surface area contributed by atoms with Crippen molar-refractivity contribution in [2.75, 3.05) is 5.88 Å². The first-order valence-corrected chi connectivity index (χ1v) is 5.29. The fourth-order valence-corrected chi connectivity index (χ4v) is 2.44. The molecule has 0 unspecified atom stereocenters. The van der Waals surface area contributed by atoms with Crippen LogP contribution in [0.1, 0.15) is 38.5 Å². The van der Waals surface area contributed by atoms with Gasteiger partial charge in [0.1, 0.15) is 0 Å². The number of carbonyl (C=O) groups is 1. The third-order valence-corrected chi connectivity index (χ3v) is 2.94. The molecule has 1 fully saturated rings. The van der Waals surface area contributed by atoms with Crippen LogP contribution < -0.4 is 5.32 Å². The molecule has 0 radical (unpaired) electrons. The number of amides is 1. The van der Waals surface area contributed by atoms with E-state index in [9.17, 15) is 4.79 Å². The van der Waals surface area contributed by atoms with E-state index >= 15 is 0 Å². The Bertz CT molecular complexity index is 173. The van der Waals surface area contributed by atoms with Crippen molar-refractivity contribution in [1.82, 2.24) is 5.32 Å². The molecule has 0 bridgehead atoms. The summed E-state index contributed by atoms with van der Waals surface area (Å²) in [6.45, 7) is 0. The zero-order valence-electron chi connectivity index (χ0n) is 7.68. The summed E-state index contributed by atoms with van der Waals surface area (Å²) >= 11 is 5.67. The molecular weight excluding hydrogens is 190 g/mol. The predicted molar refractivity (Wildman–Crippen MR) is 52.3 cm³/mol. The van der Waals surface area contributed by atoms with Crippen molar-refractivity contribution in [1.29, 1.82) is 0 Å². The van der Waals surface area contributed by atoms with Gasteiger partial charge in [-0.1, -0.05) is 19.3 Å². The monoisotopic (exact) mass is 205 g/mol. The number of halogens is 1. The molecule has 1 aliphatic rings. The summed E-state index contributed by atoms with van der Waals surface area (Å²) in [5, 5.41) is 11.3. The lowest BCUT2D eigenvalue weighted by Gasteiger charge is -2.36. The van der Waals surface area contributed by atoms with Crippen LogP contribution in [0.15, 0.2) is 0 Å². The van der Waals surface area contributed by atoms with Gasteiger partial charge in [0.05, 0.1) is 0 Å². The lowest BCUT2D eigenvalue weighted by atomic mass is 9.80. The Kier molecular flexibility index (Phi) is 3.85. The summed E-state index contributed by atoms with van der Waals surface area (Å²) in [5.41, 5.74) is -0.230. The molecule has 0 atom stereocenters. The van der Waals surface area contributed by atoms with Gasteiger partial charge in [0.2, 0.25) is 0 Å². The van der Waals surface area contributed by atoms with E-state index in [2.05, 4.69) is 5.32 Å². The molecule has 0 aromatic rings. The third kappa shape index (κ3) is 3.07. The number of alkyl halides is 1. The molecular formula is C9H16ClNO2.